The van der Waals surface area contributed by atoms with Crippen molar-refractivity contribution in [3.63, 3.8) is 0 Å². The molecule has 74 valence electrons. The molecule has 0 saturated carbocycles. The van der Waals surface area contributed by atoms with Gasteiger partial charge < -0.3 is 0 Å². The molecule has 0 aliphatic rings. The van der Waals surface area contributed by atoms with Gasteiger partial charge >= 0.3 is 0 Å². The van der Waals surface area contributed by atoms with Crippen LogP contribution in [0.15, 0.2) is 0 Å². The van der Waals surface area contributed by atoms with Gasteiger partial charge in [-0.1, -0.05) is 72.0 Å². The molecule has 0 aliphatic carbocycles. The summed E-state index contributed by atoms with van der Waals surface area (Å²) in [5, 5.41) is 0. The number of hydrogen-bond acceptors (Lipinski definition) is 0. The summed E-state index contributed by atoms with van der Waals surface area (Å²) in [7, 11) is 0. The van der Waals surface area contributed by atoms with Gasteiger partial charge in [-0.2, -0.15) is 0 Å². The zero-order valence-electron chi connectivity index (χ0n) is 13.5. The molecule has 0 atom stereocenters. The van der Waals surface area contributed by atoms with Crippen molar-refractivity contribution in [3.05, 3.63) is 0 Å². The second-order valence-corrected chi connectivity index (χ2v) is 3.88. The summed E-state index contributed by atoms with van der Waals surface area (Å²) >= 11 is 0. The molecule has 0 bridgehead atoms. The summed E-state index contributed by atoms with van der Waals surface area (Å²) in [5.41, 5.74) is 0. The van der Waals surface area contributed by atoms with Gasteiger partial charge in [0.15, 0.2) is 0 Å². The quantitative estimate of drug-likeness (QED) is 0.466. The van der Waals surface area contributed by atoms with Crippen molar-refractivity contribution in [2.24, 2.45) is 5.92 Å². The molecule has 0 heteroatoms. The Morgan fingerprint density at radius 3 is 2.17 bits per heavy atom. The Hall–Kier alpha value is 0. The third-order valence-corrected chi connectivity index (χ3v) is 2.08. The zero-order valence-corrected chi connectivity index (χ0v) is 8.53. The predicted octanol–water partition coefficient (Wildman–Crippen LogP) is 4.78. The molecule has 0 aromatic carbocycles. The molecule has 0 rings (SSSR count). The van der Waals surface area contributed by atoms with Crippen molar-refractivity contribution < 1.29 is 6.85 Å². The fourth-order valence-corrected chi connectivity index (χ4v) is 1.30. The number of rotatable bonds is 8. The van der Waals surface area contributed by atoms with Gasteiger partial charge in [0.25, 0.3) is 0 Å². The minimum atomic E-state index is -2.48. The first-order valence-corrected chi connectivity index (χ1v) is 5.17. The summed E-state index contributed by atoms with van der Waals surface area (Å²) in [4.78, 5) is 0. The van der Waals surface area contributed by atoms with E-state index in [4.69, 9.17) is 6.85 Å². The SMILES string of the molecule is [2H]C([2H])([2H])C([2H])([2H])CCCCCCCC(C)C. The van der Waals surface area contributed by atoms with Gasteiger partial charge in [0.05, 0.1) is 0 Å². The summed E-state index contributed by atoms with van der Waals surface area (Å²) < 4.78 is 36.2. The molecule has 0 aliphatic heterocycles. The van der Waals surface area contributed by atoms with E-state index < -0.39 is 13.2 Å². The average Bonchev–Trinajstić information content (AvgIpc) is 2.13. The second-order valence-electron chi connectivity index (χ2n) is 3.88. The number of hydrogen-bond donors (Lipinski definition) is 0. The Kier molecular flexibility index (Phi) is 4.30. The zero-order chi connectivity index (χ0) is 13.5. The first kappa shape index (κ1) is 5.67. The van der Waals surface area contributed by atoms with E-state index in [9.17, 15) is 0 Å². The van der Waals surface area contributed by atoms with E-state index in [1.54, 1.807) is 0 Å². The molecule has 0 aromatic rings. The van der Waals surface area contributed by atoms with Crippen molar-refractivity contribution in [1.82, 2.24) is 0 Å². The van der Waals surface area contributed by atoms with Crippen LogP contribution in [-0.2, 0) is 0 Å². The fourth-order valence-electron chi connectivity index (χ4n) is 1.30. The van der Waals surface area contributed by atoms with Gasteiger partial charge in [-0.3, -0.25) is 0 Å². The summed E-state index contributed by atoms with van der Waals surface area (Å²) in [6, 6.07) is 0. The van der Waals surface area contributed by atoms with Crippen molar-refractivity contribution in [2.45, 2.75) is 72.0 Å². The van der Waals surface area contributed by atoms with Crippen LogP contribution in [0, 0.1) is 5.92 Å². The van der Waals surface area contributed by atoms with Gasteiger partial charge in [-0.15, -0.1) is 0 Å². The van der Waals surface area contributed by atoms with Crippen LogP contribution < -0.4 is 0 Å². The van der Waals surface area contributed by atoms with Gasteiger partial charge in [0.1, 0.15) is 0 Å². The highest BCUT2D eigenvalue weighted by molar-refractivity contribution is 4.48. The molecule has 0 heterocycles. The van der Waals surface area contributed by atoms with Gasteiger partial charge in [0.2, 0.25) is 0 Å². The lowest BCUT2D eigenvalue weighted by Gasteiger charge is -2.03. The standard InChI is InChI=1S/C12H26/c1-4-5-6-7-8-9-10-11-12(2)3/h12H,4-11H2,1-3H3/i1D3,4D2. The molecule has 0 amide bonds. The lowest BCUT2D eigenvalue weighted by Crippen LogP contribution is -1.87. The lowest BCUT2D eigenvalue weighted by molar-refractivity contribution is 0.511. The highest BCUT2D eigenvalue weighted by Gasteiger charge is 1.93. The topological polar surface area (TPSA) is 0 Å². The Bertz CT molecular complexity index is 196. The summed E-state index contributed by atoms with van der Waals surface area (Å²) in [6.45, 7) is 1.94. The summed E-state index contributed by atoms with van der Waals surface area (Å²) in [6.07, 6.45) is 4.47. The lowest BCUT2D eigenvalue weighted by atomic mass is 10.0. The first-order valence-electron chi connectivity index (χ1n) is 7.67. The van der Waals surface area contributed by atoms with Gasteiger partial charge in [0, 0.05) is 6.85 Å². The maximum absolute atomic E-state index is 7.45. The Morgan fingerprint density at radius 1 is 1.00 bits per heavy atom. The minimum absolute atomic E-state index is 0.147. The molecule has 12 heavy (non-hydrogen) atoms. The highest BCUT2D eigenvalue weighted by Crippen LogP contribution is 2.11. The van der Waals surface area contributed by atoms with Crippen LogP contribution in [0.5, 0.6) is 0 Å². The largest absolute Gasteiger partial charge is 0.0654 e. The first-order chi connectivity index (χ1) is 7.67. The Balaban J connectivity index is 3.52. The molecule has 0 spiro atoms. The smallest absolute Gasteiger partial charge is 0.0264 e. The van der Waals surface area contributed by atoms with Crippen LogP contribution in [0.1, 0.15) is 78.9 Å². The normalized spacial score (nSPS) is 19.4. The van der Waals surface area contributed by atoms with E-state index >= 15 is 0 Å². The van der Waals surface area contributed by atoms with E-state index in [-0.39, 0.29) is 6.42 Å². The molecule has 0 aromatic heterocycles. The monoisotopic (exact) mass is 175 g/mol. The third kappa shape index (κ3) is 10.0. The maximum Gasteiger partial charge on any atom is 0.0264 e. The van der Waals surface area contributed by atoms with Crippen molar-refractivity contribution >= 4 is 0 Å². The molecule has 0 unspecified atom stereocenters. The molecule has 0 nitrogen and oxygen atoms in total. The van der Waals surface area contributed by atoms with E-state index in [0.717, 1.165) is 18.8 Å². The maximum atomic E-state index is 7.45. The van der Waals surface area contributed by atoms with Crippen LogP contribution >= 0.6 is 0 Å². The number of unbranched alkanes of at least 4 members (excludes halogenated alkanes) is 4. The van der Waals surface area contributed by atoms with E-state index in [2.05, 4.69) is 13.8 Å². The van der Waals surface area contributed by atoms with E-state index in [1.807, 2.05) is 0 Å². The highest BCUT2D eigenvalue weighted by atomic mass is 14.0. The molecule has 0 radical (unpaired) electrons. The van der Waals surface area contributed by atoms with Crippen molar-refractivity contribution in [1.29, 1.82) is 0 Å². The molecular formula is C12H26. The molecule has 0 N–H and O–H groups in total. The van der Waals surface area contributed by atoms with Crippen LogP contribution in [0.4, 0.5) is 0 Å². The van der Waals surface area contributed by atoms with Crippen LogP contribution in [0.2, 0.25) is 0 Å². The van der Waals surface area contributed by atoms with Crippen LogP contribution in [0.3, 0.4) is 0 Å². The average molecular weight is 175 g/mol. The Morgan fingerprint density at radius 2 is 1.58 bits per heavy atom. The molecule has 0 fully saturated rings. The molecule has 0 saturated heterocycles. The third-order valence-electron chi connectivity index (χ3n) is 2.08. The van der Waals surface area contributed by atoms with Gasteiger partial charge in [-0.05, 0) is 5.92 Å². The van der Waals surface area contributed by atoms with Gasteiger partial charge in [-0.25, -0.2) is 0 Å². The second kappa shape index (κ2) is 9.09. The van der Waals surface area contributed by atoms with Crippen molar-refractivity contribution in [2.75, 3.05) is 0 Å². The Labute approximate surface area is 85.8 Å². The fraction of sp³-hybridized carbons (Fsp3) is 1.00. The van der Waals surface area contributed by atoms with Crippen LogP contribution in [-0.4, -0.2) is 0 Å². The van der Waals surface area contributed by atoms with E-state index in [1.165, 1.54) is 19.3 Å². The minimum Gasteiger partial charge on any atom is -0.0654 e. The van der Waals surface area contributed by atoms with E-state index in [0.29, 0.717) is 6.42 Å². The van der Waals surface area contributed by atoms with Crippen LogP contribution in [0.25, 0.3) is 0 Å². The molecular weight excluding hydrogens is 144 g/mol. The summed E-state index contributed by atoms with van der Waals surface area (Å²) in [5.74, 6) is 0.750. The predicted molar refractivity (Wildman–Crippen MR) is 57.4 cm³/mol. The van der Waals surface area contributed by atoms with Crippen molar-refractivity contribution in [3.8, 4) is 0 Å².